The summed E-state index contributed by atoms with van der Waals surface area (Å²) in [6.45, 7) is 0.469. The third kappa shape index (κ3) is 3.39. The molecule has 0 radical (unpaired) electrons. The molecule has 0 amide bonds. The van der Waals surface area contributed by atoms with Crippen molar-refractivity contribution < 1.29 is 9.84 Å². The molecule has 0 bridgehead atoms. The van der Waals surface area contributed by atoms with Gasteiger partial charge in [0.25, 0.3) is 0 Å². The Morgan fingerprint density at radius 1 is 0.944 bits per heavy atom. The van der Waals surface area contributed by atoms with Gasteiger partial charge < -0.3 is 9.84 Å². The van der Waals surface area contributed by atoms with Crippen molar-refractivity contribution in [1.82, 2.24) is 0 Å². The van der Waals surface area contributed by atoms with Crippen LogP contribution in [0.25, 0.3) is 0 Å². The first-order valence-electron chi connectivity index (χ1n) is 5.45. The summed E-state index contributed by atoms with van der Waals surface area (Å²) in [6.07, 6.45) is 0. The van der Waals surface area contributed by atoms with E-state index in [2.05, 4.69) is 0 Å². The van der Waals surface area contributed by atoms with E-state index in [9.17, 15) is 0 Å². The molecule has 1 N–H and O–H groups in total. The standard InChI is InChI=1S/C14H12Cl2O2/c15-12-5-6-14(13(16)7-12)18-9-11-3-1-10(8-17)2-4-11/h1-7,17H,8-9H2. The van der Waals surface area contributed by atoms with Gasteiger partial charge in [-0.05, 0) is 29.3 Å². The van der Waals surface area contributed by atoms with E-state index in [1.165, 1.54) is 0 Å². The predicted molar refractivity (Wildman–Crippen MR) is 73.2 cm³/mol. The monoisotopic (exact) mass is 282 g/mol. The Morgan fingerprint density at radius 3 is 2.22 bits per heavy atom. The fourth-order valence-corrected chi connectivity index (χ4v) is 1.96. The normalized spacial score (nSPS) is 10.4. The van der Waals surface area contributed by atoms with Gasteiger partial charge in [-0.15, -0.1) is 0 Å². The van der Waals surface area contributed by atoms with E-state index in [0.29, 0.717) is 22.4 Å². The van der Waals surface area contributed by atoms with E-state index >= 15 is 0 Å². The van der Waals surface area contributed by atoms with E-state index in [1.54, 1.807) is 18.2 Å². The average Bonchev–Trinajstić information content (AvgIpc) is 2.38. The summed E-state index contributed by atoms with van der Waals surface area (Å²) in [5, 5.41) is 10.0. The topological polar surface area (TPSA) is 29.5 Å². The Bertz CT molecular complexity index is 524. The lowest BCUT2D eigenvalue weighted by Gasteiger charge is -2.08. The number of hydrogen-bond acceptors (Lipinski definition) is 2. The number of hydrogen-bond donors (Lipinski definition) is 1. The van der Waals surface area contributed by atoms with E-state index in [0.717, 1.165) is 11.1 Å². The second-order valence-electron chi connectivity index (χ2n) is 3.84. The smallest absolute Gasteiger partial charge is 0.138 e. The minimum absolute atomic E-state index is 0.0458. The molecule has 0 saturated carbocycles. The minimum atomic E-state index is 0.0458. The highest BCUT2D eigenvalue weighted by atomic mass is 35.5. The van der Waals surface area contributed by atoms with Crippen molar-refractivity contribution in [1.29, 1.82) is 0 Å². The number of ether oxygens (including phenoxy) is 1. The summed E-state index contributed by atoms with van der Waals surface area (Å²) in [7, 11) is 0. The van der Waals surface area contributed by atoms with Crippen LogP contribution >= 0.6 is 23.2 Å². The van der Waals surface area contributed by atoms with Crippen LogP contribution in [0.4, 0.5) is 0 Å². The van der Waals surface area contributed by atoms with Crippen molar-refractivity contribution in [3.05, 3.63) is 63.6 Å². The van der Waals surface area contributed by atoms with Crippen molar-refractivity contribution in [2.75, 3.05) is 0 Å². The molecule has 0 unspecified atom stereocenters. The Kier molecular flexibility index (Phi) is 4.48. The molecule has 0 aliphatic carbocycles. The third-order valence-electron chi connectivity index (χ3n) is 2.49. The summed E-state index contributed by atoms with van der Waals surface area (Å²) in [5.41, 5.74) is 1.89. The van der Waals surface area contributed by atoms with Crippen LogP contribution in [0.1, 0.15) is 11.1 Å². The van der Waals surface area contributed by atoms with Gasteiger partial charge in [0.1, 0.15) is 12.4 Å². The summed E-state index contributed by atoms with van der Waals surface area (Å²) in [4.78, 5) is 0. The molecular formula is C14H12Cl2O2. The van der Waals surface area contributed by atoms with Crippen molar-refractivity contribution >= 4 is 23.2 Å². The van der Waals surface area contributed by atoms with Crippen LogP contribution in [0.15, 0.2) is 42.5 Å². The molecule has 18 heavy (non-hydrogen) atoms. The summed E-state index contributed by atoms with van der Waals surface area (Å²) >= 11 is 11.8. The molecule has 0 saturated heterocycles. The van der Waals surface area contributed by atoms with E-state index in [1.807, 2.05) is 24.3 Å². The van der Waals surface area contributed by atoms with Gasteiger partial charge in [0.05, 0.1) is 11.6 Å². The highest BCUT2D eigenvalue weighted by molar-refractivity contribution is 6.35. The summed E-state index contributed by atoms with van der Waals surface area (Å²) < 4.78 is 5.60. The zero-order valence-electron chi connectivity index (χ0n) is 9.57. The zero-order chi connectivity index (χ0) is 13.0. The number of rotatable bonds is 4. The zero-order valence-corrected chi connectivity index (χ0v) is 11.1. The van der Waals surface area contributed by atoms with E-state index in [4.69, 9.17) is 33.0 Å². The lowest BCUT2D eigenvalue weighted by atomic mass is 10.1. The Morgan fingerprint density at radius 2 is 1.61 bits per heavy atom. The molecule has 2 aromatic rings. The first-order valence-corrected chi connectivity index (χ1v) is 6.21. The molecule has 0 fully saturated rings. The maximum Gasteiger partial charge on any atom is 0.138 e. The van der Waals surface area contributed by atoms with Crippen LogP contribution in [0.3, 0.4) is 0 Å². The average molecular weight is 283 g/mol. The van der Waals surface area contributed by atoms with Gasteiger partial charge in [0.15, 0.2) is 0 Å². The van der Waals surface area contributed by atoms with Crippen molar-refractivity contribution in [2.24, 2.45) is 0 Å². The molecule has 94 valence electrons. The largest absolute Gasteiger partial charge is 0.487 e. The fourth-order valence-electron chi connectivity index (χ4n) is 1.49. The van der Waals surface area contributed by atoms with Gasteiger partial charge >= 0.3 is 0 Å². The van der Waals surface area contributed by atoms with Crippen LogP contribution in [-0.2, 0) is 13.2 Å². The molecule has 0 atom stereocenters. The molecular weight excluding hydrogens is 271 g/mol. The highest BCUT2D eigenvalue weighted by Crippen LogP contribution is 2.28. The van der Waals surface area contributed by atoms with Gasteiger partial charge in [-0.3, -0.25) is 0 Å². The SMILES string of the molecule is OCc1ccc(COc2ccc(Cl)cc2Cl)cc1. The van der Waals surface area contributed by atoms with Crippen LogP contribution < -0.4 is 4.74 Å². The Labute approximate surface area is 116 Å². The second kappa shape index (κ2) is 6.10. The number of benzene rings is 2. The Balaban J connectivity index is 2.02. The maximum atomic E-state index is 8.94. The first-order chi connectivity index (χ1) is 8.69. The number of aliphatic hydroxyl groups is 1. The highest BCUT2D eigenvalue weighted by Gasteiger charge is 2.02. The first kappa shape index (κ1) is 13.2. The molecule has 0 spiro atoms. The molecule has 2 rings (SSSR count). The minimum Gasteiger partial charge on any atom is -0.487 e. The summed E-state index contributed by atoms with van der Waals surface area (Å²) in [5.74, 6) is 0.604. The van der Waals surface area contributed by atoms with E-state index in [-0.39, 0.29) is 6.61 Å². The number of halogens is 2. The van der Waals surface area contributed by atoms with Gasteiger partial charge in [-0.2, -0.15) is 0 Å². The lowest BCUT2D eigenvalue weighted by molar-refractivity contribution is 0.281. The van der Waals surface area contributed by atoms with Gasteiger partial charge in [-0.25, -0.2) is 0 Å². The second-order valence-corrected chi connectivity index (χ2v) is 4.68. The maximum absolute atomic E-state index is 8.94. The molecule has 0 aromatic heterocycles. The third-order valence-corrected chi connectivity index (χ3v) is 3.02. The van der Waals surface area contributed by atoms with Crippen LogP contribution in [-0.4, -0.2) is 5.11 Å². The van der Waals surface area contributed by atoms with Gasteiger partial charge in [-0.1, -0.05) is 47.5 Å². The quantitative estimate of drug-likeness (QED) is 0.916. The van der Waals surface area contributed by atoms with Crippen LogP contribution in [0.5, 0.6) is 5.75 Å². The van der Waals surface area contributed by atoms with Crippen LogP contribution in [0.2, 0.25) is 10.0 Å². The fraction of sp³-hybridized carbons (Fsp3) is 0.143. The van der Waals surface area contributed by atoms with Crippen molar-refractivity contribution in [3.8, 4) is 5.75 Å². The van der Waals surface area contributed by atoms with Crippen LogP contribution in [0, 0.1) is 0 Å². The molecule has 0 aliphatic rings. The van der Waals surface area contributed by atoms with Gasteiger partial charge in [0.2, 0.25) is 0 Å². The molecule has 2 aromatic carbocycles. The molecule has 2 nitrogen and oxygen atoms in total. The molecule has 0 aliphatic heterocycles. The number of aliphatic hydroxyl groups excluding tert-OH is 1. The van der Waals surface area contributed by atoms with Crippen molar-refractivity contribution in [3.63, 3.8) is 0 Å². The summed E-state index contributed by atoms with van der Waals surface area (Å²) in [6, 6.07) is 12.7. The van der Waals surface area contributed by atoms with E-state index < -0.39 is 0 Å². The molecule has 0 heterocycles. The van der Waals surface area contributed by atoms with Gasteiger partial charge in [0, 0.05) is 5.02 Å². The molecule has 4 heteroatoms. The lowest BCUT2D eigenvalue weighted by Crippen LogP contribution is -1.96. The van der Waals surface area contributed by atoms with Crippen molar-refractivity contribution in [2.45, 2.75) is 13.2 Å². The Hall–Kier alpha value is -1.22. The predicted octanol–water partition coefficient (Wildman–Crippen LogP) is 4.06.